The number of aromatic nitrogens is 1. The van der Waals surface area contributed by atoms with Crippen molar-refractivity contribution in [3.63, 3.8) is 0 Å². The predicted molar refractivity (Wildman–Crippen MR) is 69.6 cm³/mol. The molecule has 1 fully saturated rings. The molecule has 0 unspecified atom stereocenters. The van der Waals surface area contributed by atoms with Gasteiger partial charge in [0.05, 0.1) is 5.69 Å². The molecule has 0 bridgehead atoms. The molecule has 2 rings (SSSR count). The van der Waals surface area contributed by atoms with Crippen LogP contribution >= 0.6 is 11.6 Å². The van der Waals surface area contributed by atoms with Gasteiger partial charge >= 0.3 is 0 Å². The SMILES string of the molecule is Cc1ccnc(Cl)c1NC(=O)C1(N)CCOCC1. The molecule has 0 atom stereocenters. The second-order valence-electron chi connectivity index (χ2n) is 4.52. The minimum absolute atomic E-state index is 0.233. The van der Waals surface area contributed by atoms with E-state index in [2.05, 4.69) is 10.3 Å². The number of hydrogen-bond donors (Lipinski definition) is 2. The van der Waals surface area contributed by atoms with Gasteiger partial charge in [-0.25, -0.2) is 4.98 Å². The van der Waals surface area contributed by atoms with Crippen LogP contribution in [-0.2, 0) is 9.53 Å². The zero-order chi connectivity index (χ0) is 13.2. The van der Waals surface area contributed by atoms with Crippen LogP contribution in [0.1, 0.15) is 18.4 Å². The number of nitrogens with two attached hydrogens (primary N) is 1. The molecule has 3 N–H and O–H groups in total. The van der Waals surface area contributed by atoms with E-state index in [9.17, 15) is 4.79 Å². The van der Waals surface area contributed by atoms with Gasteiger partial charge in [-0.3, -0.25) is 4.79 Å². The third-order valence-corrected chi connectivity index (χ3v) is 3.48. The third kappa shape index (κ3) is 2.63. The highest BCUT2D eigenvalue weighted by Crippen LogP contribution is 2.26. The Morgan fingerprint density at radius 2 is 2.22 bits per heavy atom. The molecule has 5 nitrogen and oxygen atoms in total. The van der Waals surface area contributed by atoms with Crippen molar-refractivity contribution in [2.24, 2.45) is 5.73 Å². The van der Waals surface area contributed by atoms with Gasteiger partial charge in [0.25, 0.3) is 0 Å². The summed E-state index contributed by atoms with van der Waals surface area (Å²) < 4.78 is 5.21. The summed E-state index contributed by atoms with van der Waals surface area (Å²) in [6.07, 6.45) is 2.62. The Hall–Kier alpha value is -1.17. The Kier molecular flexibility index (Phi) is 3.85. The molecule has 0 aliphatic carbocycles. The number of hydrogen-bond acceptors (Lipinski definition) is 4. The zero-order valence-electron chi connectivity index (χ0n) is 10.2. The molecular formula is C12H16ClN3O2. The Labute approximate surface area is 111 Å². The monoisotopic (exact) mass is 269 g/mol. The second kappa shape index (κ2) is 5.22. The lowest BCUT2D eigenvalue weighted by molar-refractivity contribution is -0.124. The van der Waals surface area contributed by atoms with Crippen molar-refractivity contribution in [2.45, 2.75) is 25.3 Å². The molecule has 6 heteroatoms. The molecule has 98 valence electrons. The maximum absolute atomic E-state index is 12.2. The minimum Gasteiger partial charge on any atom is -0.381 e. The number of pyridine rings is 1. The second-order valence-corrected chi connectivity index (χ2v) is 4.87. The summed E-state index contributed by atoms with van der Waals surface area (Å²) in [5, 5.41) is 3.05. The lowest BCUT2D eigenvalue weighted by Crippen LogP contribution is -2.54. The van der Waals surface area contributed by atoms with Gasteiger partial charge in [-0.05, 0) is 31.4 Å². The highest BCUT2D eigenvalue weighted by Gasteiger charge is 2.36. The van der Waals surface area contributed by atoms with Crippen LogP contribution < -0.4 is 11.1 Å². The quantitative estimate of drug-likeness (QED) is 0.798. The molecule has 1 aliphatic rings. The molecule has 0 spiro atoms. The van der Waals surface area contributed by atoms with Crippen molar-refractivity contribution in [3.8, 4) is 0 Å². The first-order valence-electron chi connectivity index (χ1n) is 5.82. The average Bonchev–Trinajstić information content (AvgIpc) is 2.34. The van der Waals surface area contributed by atoms with E-state index in [4.69, 9.17) is 22.1 Å². The Balaban J connectivity index is 2.16. The van der Waals surface area contributed by atoms with Crippen LogP contribution in [0.2, 0.25) is 5.15 Å². The van der Waals surface area contributed by atoms with Crippen LogP contribution in [0, 0.1) is 6.92 Å². The number of amides is 1. The molecule has 2 heterocycles. The van der Waals surface area contributed by atoms with E-state index >= 15 is 0 Å². The first-order chi connectivity index (χ1) is 8.53. The summed E-state index contributed by atoms with van der Waals surface area (Å²) in [4.78, 5) is 16.2. The summed E-state index contributed by atoms with van der Waals surface area (Å²) in [6, 6.07) is 1.79. The minimum atomic E-state index is -0.885. The summed E-state index contributed by atoms with van der Waals surface area (Å²) in [6.45, 7) is 2.86. The van der Waals surface area contributed by atoms with Crippen LogP contribution in [0.5, 0.6) is 0 Å². The van der Waals surface area contributed by atoms with Gasteiger partial charge in [0.1, 0.15) is 5.54 Å². The average molecular weight is 270 g/mol. The fraction of sp³-hybridized carbons (Fsp3) is 0.500. The summed E-state index contributed by atoms with van der Waals surface area (Å²) in [5.74, 6) is -0.233. The smallest absolute Gasteiger partial charge is 0.244 e. The molecular weight excluding hydrogens is 254 g/mol. The molecule has 1 aliphatic heterocycles. The number of carbonyl (C=O) groups is 1. The van der Waals surface area contributed by atoms with Gasteiger partial charge in [0.15, 0.2) is 5.15 Å². The van der Waals surface area contributed by atoms with Gasteiger partial charge in [0.2, 0.25) is 5.91 Å². The first-order valence-corrected chi connectivity index (χ1v) is 6.20. The lowest BCUT2D eigenvalue weighted by Gasteiger charge is -2.32. The van der Waals surface area contributed by atoms with E-state index in [-0.39, 0.29) is 11.1 Å². The van der Waals surface area contributed by atoms with Crippen LogP contribution in [0.15, 0.2) is 12.3 Å². The van der Waals surface area contributed by atoms with Crippen LogP contribution in [-0.4, -0.2) is 29.6 Å². The first kappa shape index (κ1) is 13.3. The standard InChI is InChI=1S/C12H16ClN3O2/c1-8-2-5-15-10(13)9(8)16-11(17)12(14)3-6-18-7-4-12/h2,5H,3-4,6-7,14H2,1H3,(H,16,17). The topological polar surface area (TPSA) is 77.2 Å². The van der Waals surface area contributed by atoms with Gasteiger partial charge in [0, 0.05) is 19.4 Å². The maximum atomic E-state index is 12.2. The van der Waals surface area contributed by atoms with Crippen LogP contribution in [0.3, 0.4) is 0 Å². The van der Waals surface area contributed by atoms with E-state index in [0.717, 1.165) is 5.56 Å². The number of nitrogens with one attached hydrogen (secondary N) is 1. The zero-order valence-corrected chi connectivity index (χ0v) is 11.0. The molecule has 18 heavy (non-hydrogen) atoms. The summed E-state index contributed by atoms with van der Waals surface area (Å²) in [5.41, 5.74) is 6.60. The van der Waals surface area contributed by atoms with Crippen molar-refractivity contribution >= 4 is 23.2 Å². The largest absolute Gasteiger partial charge is 0.381 e. The summed E-state index contributed by atoms with van der Waals surface area (Å²) in [7, 11) is 0. The lowest BCUT2D eigenvalue weighted by atomic mass is 9.90. The Morgan fingerprint density at radius 3 is 2.83 bits per heavy atom. The molecule has 0 radical (unpaired) electrons. The number of rotatable bonds is 2. The van der Waals surface area contributed by atoms with Crippen LogP contribution in [0.4, 0.5) is 5.69 Å². The summed E-state index contributed by atoms with van der Waals surface area (Å²) >= 11 is 5.97. The number of aryl methyl sites for hydroxylation is 1. The van der Waals surface area contributed by atoms with Crippen molar-refractivity contribution in [3.05, 3.63) is 23.0 Å². The third-order valence-electron chi connectivity index (χ3n) is 3.19. The molecule has 0 aromatic carbocycles. The van der Waals surface area contributed by atoms with Crippen molar-refractivity contribution < 1.29 is 9.53 Å². The molecule has 0 saturated carbocycles. The van der Waals surface area contributed by atoms with Gasteiger partial charge in [-0.1, -0.05) is 11.6 Å². The van der Waals surface area contributed by atoms with E-state index < -0.39 is 5.54 Å². The van der Waals surface area contributed by atoms with Crippen molar-refractivity contribution in [1.29, 1.82) is 0 Å². The van der Waals surface area contributed by atoms with Gasteiger partial charge in [-0.2, -0.15) is 0 Å². The fourth-order valence-electron chi connectivity index (χ4n) is 1.88. The maximum Gasteiger partial charge on any atom is 0.244 e. The number of carbonyl (C=O) groups excluding carboxylic acids is 1. The van der Waals surface area contributed by atoms with E-state index in [0.29, 0.717) is 31.7 Å². The predicted octanol–water partition coefficient (Wildman–Crippen LogP) is 1.49. The molecule has 1 aromatic heterocycles. The fourth-order valence-corrected chi connectivity index (χ4v) is 2.13. The number of anilines is 1. The number of halogens is 1. The van der Waals surface area contributed by atoms with E-state index in [1.165, 1.54) is 0 Å². The highest BCUT2D eigenvalue weighted by molar-refractivity contribution is 6.32. The van der Waals surface area contributed by atoms with Gasteiger partial charge < -0.3 is 15.8 Å². The Morgan fingerprint density at radius 1 is 1.56 bits per heavy atom. The van der Waals surface area contributed by atoms with Gasteiger partial charge in [-0.15, -0.1) is 0 Å². The Bertz CT molecular complexity index is 438. The van der Waals surface area contributed by atoms with Crippen molar-refractivity contribution in [1.82, 2.24) is 4.98 Å². The molecule has 1 saturated heterocycles. The van der Waals surface area contributed by atoms with Crippen molar-refractivity contribution in [2.75, 3.05) is 18.5 Å². The van der Waals surface area contributed by atoms with Crippen LogP contribution in [0.25, 0.3) is 0 Å². The highest BCUT2D eigenvalue weighted by atomic mass is 35.5. The normalized spacial score (nSPS) is 18.4. The van der Waals surface area contributed by atoms with E-state index in [1.54, 1.807) is 12.3 Å². The number of nitrogens with zero attached hydrogens (tertiary/aromatic N) is 1. The molecule has 1 amide bonds. The number of ether oxygens (including phenoxy) is 1. The molecule has 1 aromatic rings. The van der Waals surface area contributed by atoms with E-state index in [1.807, 2.05) is 6.92 Å².